The minimum Gasteiger partial charge on any atom is -0.480 e. The van der Waals surface area contributed by atoms with Gasteiger partial charge in [0.1, 0.15) is 12.1 Å². The first-order chi connectivity index (χ1) is 14.9. The van der Waals surface area contributed by atoms with Gasteiger partial charge in [-0.3, -0.25) is 19.2 Å². The Morgan fingerprint density at radius 2 is 1.75 bits per heavy atom. The van der Waals surface area contributed by atoms with Crippen molar-refractivity contribution in [2.24, 2.45) is 17.4 Å². The first kappa shape index (κ1) is 27.3. The molecule has 0 spiro atoms. The van der Waals surface area contributed by atoms with Crippen molar-refractivity contribution < 1.29 is 34.2 Å². The summed E-state index contributed by atoms with van der Waals surface area (Å²) < 4.78 is 0. The van der Waals surface area contributed by atoms with Crippen molar-refractivity contribution in [1.29, 1.82) is 0 Å². The van der Waals surface area contributed by atoms with E-state index in [-0.39, 0.29) is 18.8 Å². The Morgan fingerprint density at radius 1 is 1.12 bits per heavy atom. The molecule has 4 amide bonds. The number of nitrogens with two attached hydrogens (primary N) is 2. The molecule has 6 atom stereocenters. The predicted octanol–water partition coefficient (Wildman–Crippen LogP) is -1.95. The lowest BCUT2D eigenvalue weighted by molar-refractivity contribution is -0.146. The molecule has 1 heterocycles. The largest absolute Gasteiger partial charge is 0.480 e. The van der Waals surface area contributed by atoms with Gasteiger partial charge in [-0.1, -0.05) is 20.3 Å². The lowest BCUT2D eigenvalue weighted by atomic mass is 9.97. The highest BCUT2D eigenvalue weighted by Gasteiger charge is 2.39. The molecule has 1 saturated heterocycles. The van der Waals surface area contributed by atoms with Crippen LogP contribution in [0.2, 0.25) is 0 Å². The molecule has 0 aromatic carbocycles. The minimum absolute atomic E-state index is 0.0537. The SMILES string of the molecule is CCC(C)C(NC(=O)C1CCCN1C(=O)C(N)CCC(N)=O)C(=O)NC(C(=O)O)C(C)O. The van der Waals surface area contributed by atoms with Crippen LogP contribution >= 0.6 is 0 Å². The summed E-state index contributed by atoms with van der Waals surface area (Å²) in [5.74, 6) is -4.10. The number of carboxylic acids is 1. The van der Waals surface area contributed by atoms with E-state index in [1.165, 1.54) is 11.8 Å². The van der Waals surface area contributed by atoms with Gasteiger partial charge in [0.25, 0.3) is 0 Å². The zero-order valence-corrected chi connectivity index (χ0v) is 18.7. The van der Waals surface area contributed by atoms with E-state index in [0.717, 1.165) is 0 Å². The Morgan fingerprint density at radius 3 is 2.25 bits per heavy atom. The van der Waals surface area contributed by atoms with E-state index in [9.17, 15) is 34.2 Å². The summed E-state index contributed by atoms with van der Waals surface area (Å²) in [5, 5.41) is 23.7. The molecule has 1 rings (SSSR count). The molecular formula is C20H35N5O7. The number of nitrogens with zero attached hydrogens (tertiary/aromatic N) is 1. The zero-order valence-electron chi connectivity index (χ0n) is 18.7. The van der Waals surface area contributed by atoms with Crippen molar-refractivity contribution in [3.63, 3.8) is 0 Å². The zero-order chi connectivity index (χ0) is 24.6. The number of rotatable bonds is 12. The smallest absolute Gasteiger partial charge is 0.328 e. The Labute approximate surface area is 187 Å². The number of primary amides is 1. The van der Waals surface area contributed by atoms with Gasteiger partial charge < -0.3 is 37.2 Å². The van der Waals surface area contributed by atoms with Crippen LogP contribution in [-0.4, -0.2) is 81.5 Å². The molecule has 12 nitrogen and oxygen atoms in total. The van der Waals surface area contributed by atoms with Crippen LogP contribution in [0.5, 0.6) is 0 Å². The maximum atomic E-state index is 13.0. The quantitative estimate of drug-likeness (QED) is 0.194. The maximum Gasteiger partial charge on any atom is 0.328 e. The third-order valence-corrected chi connectivity index (χ3v) is 5.70. The first-order valence-electron chi connectivity index (χ1n) is 10.8. The summed E-state index contributed by atoms with van der Waals surface area (Å²) in [7, 11) is 0. The molecule has 182 valence electrons. The van der Waals surface area contributed by atoms with Crippen molar-refractivity contribution in [2.45, 2.75) is 83.1 Å². The number of likely N-dealkylation sites (tertiary alicyclic amines) is 1. The summed E-state index contributed by atoms with van der Waals surface area (Å²) in [6.07, 6.45) is 0.121. The second-order valence-corrected chi connectivity index (χ2v) is 8.24. The number of aliphatic hydroxyl groups excluding tert-OH is 1. The van der Waals surface area contributed by atoms with Crippen LogP contribution in [0.3, 0.4) is 0 Å². The van der Waals surface area contributed by atoms with Crippen LogP contribution in [0.4, 0.5) is 0 Å². The van der Waals surface area contributed by atoms with Gasteiger partial charge in [-0.15, -0.1) is 0 Å². The summed E-state index contributed by atoms with van der Waals surface area (Å²) >= 11 is 0. The molecule has 0 radical (unpaired) electrons. The van der Waals surface area contributed by atoms with E-state index in [1.807, 2.05) is 6.92 Å². The van der Waals surface area contributed by atoms with Crippen LogP contribution < -0.4 is 22.1 Å². The fourth-order valence-corrected chi connectivity index (χ4v) is 3.52. The number of carbonyl (C=O) groups excluding carboxylic acids is 4. The molecule has 32 heavy (non-hydrogen) atoms. The highest BCUT2D eigenvalue weighted by atomic mass is 16.4. The van der Waals surface area contributed by atoms with Crippen molar-refractivity contribution in [3.05, 3.63) is 0 Å². The molecule has 0 saturated carbocycles. The number of amides is 4. The van der Waals surface area contributed by atoms with Crippen LogP contribution in [0.1, 0.15) is 52.9 Å². The third kappa shape index (κ3) is 7.45. The van der Waals surface area contributed by atoms with E-state index < -0.39 is 59.9 Å². The molecule has 1 aliphatic rings. The van der Waals surface area contributed by atoms with E-state index in [4.69, 9.17) is 11.5 Å². The summed E-state index contributed by atoms with van der Waals surface area (Å²) in [6.45, 7) is 5.08. The van der Waals surface area contributed by atoms with E-state index in [2.05, 4.69) is 10.6 Å². The lowest BCUT2D eigenvalue weighted by Crippen LogP contribution is -2.59. The van der Waals surface area contributed by atoms with Crippen molar-refractivity contribution in [2.75, 3.05) is 6.54 Å². The first-order valence-corrected chi connectivity index (χ1v) is 10.8. The summed E-state index contributed by atoms with van der Waals surface area (Å²) in [5.41, 5.74) is 11.0. The molecule has 0 aromatic rings. The molecule has 1 aliphatic heterocycles. The molecule has 0 aromatic heterocycles. The van der Waals surface area contributed by atoms with Gasteiger partial charge in [0.2, 0.25) is 23.6 Å². The summed E-state index contributed by atoms with van der Waals surface area (Å²) in [6, 6.07) is -4.41. The average Bonchev–Trinajstić information content (AvgIpc) is 3.21. The second-order valence-electron chi connectivity index (χ2n) is 8.24. The van der Waals surface area contributed by atoms with Crippen LogP contribution in [0.15, 0.2) is 0 Å². The highest BCUT2D eigenvalue weighted by Crippen LogP contribution is 2.20. The summed E-state index contributed by atoms with van der Waals surface area (Å²) in [4.78, 5) is 62.0. The Balaban J connectivity index is 2.92. The van der Waals surface area contributed by atoms with E-state index in [1.54, 1.807) is 6.92 Å². The molecule has 0 bridgehead atoms. The second kappa shape index (κ2) is 12.3. The number of aliphatic hydroxyl groups is 1. The van der Waals surface area contributed by atoms with Gasteiger partial charge in [0, 0.05) is 13.0 Å². The van der Waals surface area contributed by atoms with Crippen molar-refractivity contribution in [1.82, 2.24) is 15.5 Å². The van der Waals surface area contributed by atoms with Crippen LogP contribution in [0.25, 0.3) is 0 Å². The monoisotopic (exact) mass is 457 g/mol. The van der Waals surface area contributed by atoms with Crippen LogP contribution in [-0.2, 0) is 24.0 Å². The van der Waals surface area contributed by atoms with Gasteiger partial charge in [0.05, 0.1) is 12.1 Å². The topological polar surface area (TPSA) is 205 Å². The minimum atomic E-state index is -1.53. The van der Waals surface area contributed by atoms with Crippen molar-refractivity contribution >= 4 is 29.6 Å². The molecular weight excluding hydrogens is 422 g/mol. The third-order valence-electron chi connectivity index (χ3n) is 5.70. The van der Waals surface area contributed by atoms with Gasteiger partial charge in [-0.2, -0.15) is 0 Å². The molecule has 1 fully saturated rings. The highest BCUT2D eigenvalue weighted by molar-refractivity contribution is 5.94. The Hall–Kier alpha value is -2.73. The van der Waals surface area contributed by atoms with Crippen molar-refractivity contribution in [3.8, 4) is 0 Å². The lowest BCUT2D eigenvalue weighted by Gasteiger charge is -2.30. The normalized spacial score (nSPS) is 20.5. The average molecular weight is 458 g/mol. The number of aliphatic carboxylic acids is 1. The molecule has 12 heteroatoms. The number of carboxylic acid groups (broad SMARTS) is 1. The van der Waals surface area contributed by atoms with Gasteiger partial charge >= 0.3 is 5.97 Å². The maximum absolute atomic E-state index is 13.0. The molecule has 6 unspecified atom stereocenters. The van der Waals surface area contributed by atoms with Gasteiger partial charge in [0.15, 0.2) is 6.04 Å². The van der Waals surface area contributed by atoms with Crippen LogP contribution in [0, 0.1) is 5.92 Å². The number of hydrogen-bond donors (Lipinski definition) is 6. The Kier molecular flexibility index (Phi) is 10.5. The van der Waals surface area contributed by atoms with Gasteiger partial charge in [-0.05, 0) is 32.1 Å². The van der Waals surface area contributed by atoms with Gasteiger partial charge in [-0.25, -0.2) is 4.79 Å². The fourth-order valence-electron chi connectivity index (χ4n) is 3.52. The Bertz CT molecular complexity index is 714. The predicted molar refractivity (Wildman–Crippen MR) is 114 cm³/mol. The number of carbonyl (C=O) groups is 5. The number of nitrogens with one attached hydrogen (secondary N) is 2. The fraction of sp³-hybridized carbons (Fsp3) is 0.750. The number of hydrogen-bond acceptors (Lipinski definition) is 7. The molecule has 0 aliphatic carbocycles. The van der Waals surface area contributed by atoms with E-state index in [0.29, 0.717) is 25.8 Å². The van der Waals surface area contributed by atoms with E-state index >= 15 is 0 Å². The standard InChI is InChI=1S/C20H35N5O7/c1-4-10(2)15(18(29)24-16(11(3)26)20(31)32)23-17(28)13-6-5-9-25(13)19(30)12(21)7-8-14(22)27/h10-13,15-16,26H,4-9,21H2,1-3H3,(H2,22,27)(H,23,28)(H,24,29)(H,31,32). The molecule has 8 N–H and O–H groups in total.